The van der Waals surface area contributed by atoms with Crippen LogP contribution in [0.15, 0.2) is 30.1 Å². The number of hydrogen-bond donors (Lipinski definition) is 1. The van der Waals surface area contributed by atoms with Crippen molar-refractivity contribution in [2.75, 3.05) is 37.7 Å². The topological polar surface area (TPSA) is 54.5 Å². The molecule has 1 aromatic rings. The second-order valence-electron chi connectivity index (χ2n) is 6.15. The molecule has 5 heteroatoms. The van der Waals surface area contributed by atoms with Crippen molar-refractivity contribution in [2.45, 2.75) is 32.1 Å². The molecule has 0 atom stereocenters. The molecule has 5 nitrogen and oxygen atoms in total. The zero-order valence-electron chi connectivity index (χ0n) is 13.6. The molecule has 0 aromatic carbocycles. The molecule has 1 fully saturated rings. The summed E-state index contributed by atoms with van der Waals surface area (Å²) in [5.41, 5.74) is 3.11. The van der Waals surface area contributed by atoms with E-state index < -0.39 is 0 Å². The lowest BCUT2D eigenvalue weighted by molar-refractivity contribution is 0.0953. The number of carbonyl (C=O) groups is 1. The monoisotopic (exact) mass is 315 g/mol. The van der Waals surface area contributed by atoms with Gasteiger partial charge in [-0.2, -0.15) is 0 Å². The first kappa shape index (κ1) is 16.0. The third-order valence-corrected chi connectivity index (χ3v) is 4.48. The first-order chi connectivity index (χ1) is 11.3. The van der Waals surface area contributed by atoms with Crippen LogP contribution in [-0.4, -0.2) is 43.7 Å². The summed E-state index contributed by atoms with van der Waals surface area (Å²) in [6.07, 6.45) is 11.7. The number of morpholine rings is 1. The normalized spacial score (nSPS) is 18.4. The lowest BCUT2D eigenvalue weighted by Crippen LogP contribution is -2.36. The molecular formula is C18H25N3O2. The van der Waals surface area contributed by atoms with Crippen LogP contribution in [0.25, 0.3) is 0 Å². The molecule has 1 aliphatic heterocycles. The Hall–Kier alpha value is -1.88. The average molecular weight is 315 g/mol. The highest BCUT2D eigenvalue weighted by molar-refractivity contribution is 5.94. The summed E-state index contributed by atoms with van der Waals surface area (Å²) in [7, 11) is 0. The van der Waals surface area contributed by atoms with E-state index in [9.17, 15) is 4.79 Å². The zero-order valence-corrected chi connectivity index (χ0v) is 13.6. The van der Waals surface area contributed by atoms with E-state index in [4.69, 9.17) is 4.74 Å². The van der Waals surface area contributed by atoms with Crippen molar-refractivity contribution >= 4 is 11.6 Å². The highest BCUT2D eigenvalue weighted by Gasteiger charge is 2.14. The molecule has 3 rings (SSSR count). The number of anilines is 1. The van der Waals surface area contributed by atoms with Crippen molar-refractivity contribution in [1.82, 2.24) is 10.3 Å². The van der Waals surface area contributed by atoms with Crippen LogP contribution in [0.1, 0.15) is 42.5 Å². The Labute approximate surface area is 137 Å². The van der Waals surface area contributed by atoms with E-state index in [1.54, 1.807) is 6.20 Å². The number of pyridine rings is 1. The van der Waals surface area contributed by atoms with Crippen LogP contribution in [0, 0.1) is 0 Å². The van der Waals surface area contributed by atoms with Gasteiger partial charge in [0.2, 0.25) is 0 Å². The Morgan fingerprint density at radius 1 is 1.26 bits per heavy atom. The van der Waals surface area contributed by atoms with Crippen LogP contribution in [-0.2, 0) is 4.74 Å². The SMILES string of the molecule is O=C(NCCC1=CCCCC1)c1cncc(N2CCOCC2)c1. The highest BCUT2D eigenvalue weighted by Crippen LogP contribution is 2.19. The Bertz CT molecular complexity index is 565. The first-order valence-corrected chi connectivity index (χ1v) is 8.57. The highest BCUT2D eigenvalue weighted by atomic mass is 16.5. The van der Waals surface area contributed by atoms with E-state index in [0.717, 1.165) is 38.4 Å². The molecule has 1 aromatic heterocycles. The van der Waals surface area contributed by atoms with Gasteiger partial charge >= 0.3 is 0 Å². The first-order valence-electron chi connectivity index (χ1n) is 8.57. The molecule has 0 radical (unpaired) electrons. The van der Waals surface area contributed by atoms with Crippen molar-refractivity contribution < 1.29 is 9.53 Å². The molecule has 1 aliphatic carbocycles. The quantitative estimate of drug-likeness (QED) is 0.849. The molecule has 23 heavy (non-hydrogen) atoms. The van der Waals surface area contributed by atoms with Gasteiger partial charge in [-0.15, -0.1) is 0 Å². The third-order valence-electron chi connectivity index (χ3n) is 4.48. The molecule has 0 unspecified atom stereocenters. The lowest BCUT2D eigenvalue weighted by atomic mass is 9.97. The molecule has 1 N–H and O–H groups in total. The molecule has 0 saturated carbocycles. The van der Waals surface area contributed by atoms with Gasteiger partial charge in [0, 0.05) is 25.8 Å². The largest absolute Gasteiger partial charge is 0.378 e. The fourth-order valence-electron chi connectivity index (χ4n) is 3.12. The van der Waals surface area contributed by atoms with Gasteiger partial charge in [0.25, 0.3) is 5.91 Å². The number of carbonyl (C=O) groups excluding carboxylic acids is 1. The molecular weight excluding hydrogens is 290 g/mol. The maximum absolute atomic E-state index is 12.3. The van der Waals surface area contributed by atoms with E-state index in [-0.39, 0.29) is 5.91 Å². The number of hydrogen-bond acceptors (Lipinski definition) is 4. The predicted molar refractivity (Wildman–Crippen MR) is 90.8 cm³/mol. The van der Waals surface area contributed by atoms with Gasteiger partial charge in [-0.25, -0.2) is 0 Å². The second kappa shape index (κ2) is 8.11. The molecule has 124 valence electrons. The summed E-state index contributed by atoms with van der Waals surface area (Å²) in [6.45, 7) is 3.85. The van der Waals surface area contributed by atoms with Gasteiger partial charge in [0.1, 0.15) is 0 Å². The summed E-state index contributed by atoms with van der Waals surface area (Å²) in [4.78, 5) is 18.7. The van der Waals surface area contributed by atoms with Crippen molar-refractivity contribution in [3.63, 3.8) is 0 Å². The summed E-state index contributed by atoms with van der Waals surface area (Å²) >= 11 is 0. The van der Waals surface area contributed by atoms with Gasteiger partial charge in [-0.3, -0.25) is 9.78 Å². The number of aromatic nitrogens is 1. The van der Waals surface area contributed by atoms with Crippen molar-refractivity contribution in [3.8, 4) is 0 Å². The zero-order chi connectivity index (χ0) is 15.9. The Balaban J connectivity index is 1.53. The molecule has 2 heterocycles. The Morgan fingerprint density at radius 2 is 2.13 bits per heavy atom. The summed E-state index contributed by atoms with van der Waals surface area (Å²) in [5, 5.41) is 3.01. The number of ether oxygens (including phenoxy) is 1. The summed E-state index contributed by atoms with van der Waals surface area (Å²) < 4.78 is 5.36. The van der Waals surface area contributed by atoms with Gasteiger partial charge in [-0.1, -0.05) is 11.6 Å². The van der Waals surface area contributed by atoms with Crippen LogP contribution >= 0.6 is 0 Å². The number of allylic oxidation sites excluding steroid dienone is 1. The maximum Gasteiger partial charge on any atom is 0.252 e. The lowest BCUT2D eigenvalue weighted by Gasteiger charge is -2.28. The fourth-order valence-corrected chi connectivity index (χ4v) is 3.12. The van der Waals surface area contributed by atoms with E-state index in [2.05, 4.69) is 21.3 Å². The number of amides is 1. The van der Waals surface area contributed by atoms with Crippen LogP contribution < -0.4 is 10.2 Å². The molecule has 1 saturated heterocycles. The minimum atomic E-state index is -0.0379. The number of nitrogens with zero attached hydrogens (tertiary/aromatic N) is 2. The molecule has 0 spiro atoms. The minimum absolute atomic E-state index is 0.0379. The van der Waals surface area contributed by atoms with E-state index >= 15 is 0 Å². The standard InChI is InChI=1S/C18H25N3O2/c22-18(20-7-6-15-4-2-1-3-5-15)16-12-17(14-19-13-16)21-8-10-23-11-9-21/h4,12-14H,1-3,5-11H2,(H,20,22). The minimum Gasteiger partial charge on any atom is -0.378 e. The van der Waals surface area contributed by atoms with Gasteiger partial charge < -0.3 is 15.0 Å². The average Bonchev–Trinajstić information content (AvgIpc) is 2.63. The smallest absolute Gasteiger partial charge is 0.252 e. The number of nitrogens with one attached hydrogen (secondary N) is 1. The van der Waals surface area contributed by atoms with Gasteiger partial charge in [0.05, 0.1) is 30.7 Å². The van der Waals surface area contributed by atoms with E-state index in [0.29, 0.717) is 12.1 Å². The third kappa shape index (κ3) is 4.55. The van der Waals surface area contributed by atoms with Crippen molar-refractivity contribution in [2.24, 2.45) is 0 Å². The summed E-state index contributed by atoms with van der Waals surface area (Å²) in [5.74, 6) is -0.0379. The maximum atomic E-state index is 12.3. The Kier molecular flexibility index (Phi) is 5.64. The number of rotatable bonds is 5. The molecule has 2 aliphatic rings. The Morgan fingerprint density at radius 3 is 2.91 bits per heavy atom. The van der Waals surface area contributed by atoms with Gasteiger partial charge in [0.15, 0.2) is 0 Å². The van der Waals surface area contributed by atoms with Gasteiger partial charge in [-0.05, 0) is 38.2 Å². The van der Waals surface area contributed by atoms with Crippen LogP contribution in [0.4, 0.5) is 5.69 Å². The van der Waals surface area contributed by atoms with Crippen molar-refractivity contribution in [1.29, 1.82) is 0 Å². The van der Waals surface area contributed by atoms with Crippen LogP contribution in [0.3, 0.4) is 0 Å². The van der Waals surface area contributed by atoms with Crippen molar-refractivity contribution in [3.05, 3.63) is 35.7 Å². The van der Waals surface area contributed by atoms with E-state index in [1.165, 1.54) is 31.3 Å². The van der Waals surface area contributed by atoms with Crippen LogP contribution in [0.2, 0.25) is 0 Å². The van der Waals surface area contributed by atoms with E-state index in [1.807, 2.05) is 12.3 Å². The molecule has 1 amide bonds. The predicted octanol–water partition coefficient (Wildman–Crippen LogP) is 2.54. The van der Waals surface area contributed by atoms with Crippen LogP contribution in [0.5, 0.6) is 0 Å². The molecule has 0 bridgehead atoms. The fraction of sp³-hybridized carbons (Fsp3) is 0.556. The second-order valence-corrected chi connectivity index (χ2v) is 6.15. The summed E-state index contributed by atoms with van der Waals surface area (Å²) in [6, 6.07) is 1.92.